The zero-order chi connectivity index (χ0) is 21.8. The third-order valence-electron chi connectivity index (χ3n) is 3.79. The highest BCUT2D eigenvalue weighted by molar-refractivity contribution is 7.10. The lowest BCUT2D eigenvalue weighted by Crippen LogP contribution is -2.30. The minimum absolute atomic E-state index is 0.145. The number of primary amides is 2. The number of aryl methyl sites for hydroxylation is 1. The molecule has 0 bridgehead atoms. The Bertz CT molecular complexity index is 790. The average molecular weight is 423 g/mol. The number of anilines is 3. The van der Waals surface area contributed by atoms with E-state index in [-0.39, 0.29) is 5.69 Å². The third-order valence-corrected chi connectivity index (χ3v) is 4.59. The Kier molecular flexibility index (Phi) is 10.4. The van der Waals surface area contributed by atoms with Crippen molar-refractivity contribution in [2.45, 2.75) is 40.0 Å². The van der Waals surface area contributed by atoms with Crippen LogP contribution in [0.15, 0.2) is 12.3 Å². The van der Waals surface area contributed by atoms with Gasteiger partial charge < -0.3 is 27.0 Å². The smallest absolute Gasteiger partial charge is 0.311 e. The Morgan fingerprint density at radius 2 is 1.79 bits per heavy atom. The molecule has 2 aromatic heterocycles. The molecule has 1 aliphatic rings. The first-order valence-corrected chi connectivity index (χ1v) is 10.3. The van der Waals surface area contributed by atoms with Gasteiger partial charge in [0.25, 0.3) is 5.91 Å². The number of urea groups is 1. The van der Waals surface area contributed by atoms with E-state index in [1.54, 1.807) is 6.20 Å². The maximum absolute atomic E-state index is 11.6. The predicted molar refractivity (Wildman–Crippen MR) is 117 cm³/mol. The van der Waals surface area contributed by atoms with E-state index in [0.29, 0.717) is 5.82 Å². The van der Waals surface area contributed by atoms with Crippen LogP contribution < -0.4 is 27.0 Å². The monoisotopic (exact) mass is 422 g/mol. The molecule has 2 aromatic rings. The number of piperidine rings is 1. The van der Waals surface area contributed by atoms with Crippen LogP contribution in [0.3, 0.4) is 0 Å². The molecule has 11 heteroatoms. The first-order valence-electron chi connectivity index (χ1n) is 9.50. The number of aromatic nitrogens is 3. The van der Waals surface area contributed by atoms with Crippen LogP contribution in [-0.4, -0.2) is 46.4 Å². The SMILES string of the molecule is CC.CNC(N)=O.Cc1cc(Nc2nc(N3CCCCC3)cnc2C(N)=O)sn1. The average Bonchev–Trinajstić information content (AvgIpc) is 3.15. The lowest BCUT2D eigenvalue weighted by atomic mass is 10.1. The molecule has 3 amide bonds. The molecule has 0 unspecified atom stereocenters. The predicted octanol–water partition coefficient (Wildman–Crippen LogP) is 2.39. The second kappa shape index (κ2) is 12.5. The Labute approximate surface area is 175 Å². The summed E-state index contributed by atoms with van der Waals surface area (Å²) in [6.45, 7) is 7.83. The van der Waals surface area contributed by atoms with Gasteiger partial charge in [-0.3, -0.25) is 4.79 Å². The van der Waals surface area contributed by atoms with Crippen LogP contribution in [0.5, 0.6) is 0 Å². The maximum Gasteiger partial charge on any atom is 0.311 e. The van der Waals surface area contributed by atoms with Gasteiger partial charge >= 0.3 is 6.03 Å². The summed E-state index contributed by atoms with van der Waals surface area (Å²) in [6.07, 6.45) is 5.16. The fourth-order valence-electron chi connectivity index (χ4n) is 2.46. The summed E-state index contributed by atoms with van der Waals surface area (Å²) in [5, 5.41) is 6.09. The number of nitrogens with zero attached hydrogens (tertiary/aromatic N) is 4. The zero-order valence-electron chi connectivity index (χ0n) is 17.4. The number of carbonyl (C=O) groups is 2. The van der Waals surface area contributed by atoms with E-state index in [0.717, 1.165) is 42.4 Å². The van der Waals surface area contributed by atoms with Gasteiger partial charge in [0.1, 0.15) is 10.8 Å². The lowest BCUT2D eigenvalue weighted by molar-refractivity contribution is 0.0996. The first-order chi connectivity index (χ1) is 13.9. The number of hydrogen-bond donors (Lipinski definition) is 4. The number of hydrogen-bond acceptors (Lipinski definition) is 8. The summed E-state index contributed by atoms with van der Waals surface area (Å²) in [5.41, 5.74) is 11.0. The van der Waals surface area contributed by atoms with Gasteiger partial charge in [0, 0.05) is 20.1 Å². The van der Waals surface area contributed by atoms with Gasteiger partial charge in [-0.15, -0.1) is 0 Å². The summed E-state index contributed by atoms with van der Waals surface area (Å²) < 4.78 is 4.20. The van der Waals surface area contributed by atoms with Crippen LogP contribution in [0.1, 0.15) is 49.3 Å². The van der Waals surface area contributed by atoms with E-state index < -0.39 is 11.9 Å². The summed E-state index contributed by atoms with van der Waals surface area (Å²) in [4.78, 5) is 32.0. The molecule has 3 heterocycles. The van der Waals surface area contributed by atoms with E-state index in [2.05, 4.69) is 35.6 Å². The van der Waals surface area contributed by atoms with Gasteiger partial charge in [-0.2, -0.15) is 4.37 Å². The van der Waals surface area contributed by atoms with E-state index in [1.807, 2.05) is 26.8 Å². The van der Waals surface area contributed by atoms with Crippen LogP contribution in [-0.2, 0) is 0 Å². The highest BCUT2D eigenvalue weighted by atomic mass is 32.1. The van der Waals surface area contributed by atoms with Crippen LogP contribution in [0.2, 0.25) is 0 Å². The van der Waals surface area contributed by atoms with Crippen molar-refractivity contribution in [2.75, 3.05) is 30.4 Å². The van der Waals surface area contributed by atoms with Gasteiger partial charge in [0.15, 0.2) is 11.5 Å². The Hall–Kier alpha value is -2.95. The molecule has 3 rings (SSSR count). The van der Waals surface area contributed by atoms with Crippen molar-refractivity contribution >= 4 is 40.1 Å². The van der Waals surface area contributed by atoms with Crippen LogP contribution in [0.4, 0.5) is 21.4 Å². The van der Waals surface area contributed by atoms with Gasteiger partial charge in [0.2, 0.25) is 0 Å². The van der Waals surface area contributed by atoms with Crippen LogP contribution in [0, 0.1) is 6.92 Å². The lowest BCUT2D eigenvalue weighted by Gasteiger charge is -2.27. The zero-order valence-corrected chi connectivity index (χ0v) is 18.2. The molecule has 1 fully saturated rings. The van der Waals surface area contributed by atoms with Crippen molar-refractivity contribution in [3.8, 4) is 0 Å². The summed E-state index contributed by atoms with van der Waals surface area (Å²) in [5.74, 6) is 0.564. The van der Waals surface area contributed by atoms with Gasteiger partial charge in [-0.1, -0.05) is 13.8 Å². The van der Waals surface area contributed by atoms with E-state index in [1.165, 1.54) is 25.0 Å². The first kappa shape index (κ1) is 24.1. The molecule has 6 N–H and O–H groups in total. The number of rotatable bonds is 4. The summed E-state index contributed by atoms with van der Waals surface area (Å²) in [7, 11) is 1.47. The van der Waals surface area contributed by atoms with Crippen molar-refractivity contribution in [3.63, 3.8) is 0 Å². The van der Waals surface area contributed by atoms with Crippen molar-refractivity contribution in [1.82, 2.24) is 19.7 Å². The highest BCUT2D eigenvalue weighted by Crippen LogP contribution is 2.25. The Morgan fingerprint density at radius 1 is 1.17 bits per heavy atom. The molecule has 29 heavy (non-hydrogen) atoms. The molecule has 0 atom stereocenters. The normalized spacial score (nSPS) is 12.6. The molecule has 1 aliphatic heterocycles. The quantitative estimate of drug-likeness (QED) is 0.590. The summed E-state index contributed by atoms with van der Waals surface area (Å²) >= 11 is 1.31. The molecule has 0 radical (unpaired) electrons. The fourth-order valence-corrected chi connectivity index (χ4v) is 3.12. The van der Waals surface area contributed by atoms with E-state index >= 15 is 0 Å². The van der Waals surface area contributed by atoms with Gasteiger partial charge in [0.05, 0.1) is 11.9 Å². The number of carbonyl (C=O) groups excluding carboxylic acids is 2. The highest BCUT2D eigenvalue weighted by Gasteiger charge is 2.18. The molecular weight excluding hydrogens is 392 g/mol. The van der Waals surface area contributed by atoms with Crippen molar-refractivity contribution < 1.29 is 9.59 Å². The molecule has 160 valence electrons. The van der Waals surface area contributed by atoms with Gasteiger partial charge in [-0.05, 0) is 43.8 Å². The molecular formula is C18H30N8O2S. The molecule has 0 aromatic carbocycles. The topological polar surface area (TPSA) is 152 Å². The van der Waals surface area contributed by atoms with Crippen LogP contribution >= 0.6 is 11.5 Å². The largest absolute Gasteiger partial charge is 0.364 e. The van der Waals surface area contributed by atoms with Crippen molar-refractivity contribution in [3.05, 3.63) is 23.7 Å². The molecule has 1 saturated heterocycles. The summed E-state index contributed by atoms with van der Waals surface area (Å²) in [6, 6.07) is 1.40. The standard InChI is InChI=1S/C14H18N6OS.C2H6N2O.C2H6/c1-9-7-11(22-19-9)18-14-12(13(15)21)16-8-10(17-14)20-5-3-2-4-6-20;1-4-2(3)5;1-2/h7-8H,2-6H2,1H3,(H2,15,21)(H,17,18);1H3,(H3,3,4,5);1-2H3. The van der Waals surface area contributed by atoms with Crippen LogP contribution in [0.25, 0.3) is 0 Å². The van der Waals surface area contributed by atoms with Gasteiger partial charge in [-0.25, -0.2) is 14.8 Å². The number of amides is 3. The maximum atomic E-state index is 11.6. The molecule has 10 nitrogen and oxygen atoms in total. The third kappa shape index (κ3) is 7.90. The van der Waals surface area contributed by atoms with E-state index in [9.17, 15) is 9.59 Å². The minimum atomic E-state index is -0.596. The molecule has 0 aliphatic carbocycles. The second-order valence-electron chi connectivity index (χ2n) is 5.91. The second-order valence-corrected chi connectivity index (χ2v) is 6.71. The molecule has 0 spiro atoms. The number of nitrogens with one attached hydrogen (secondary N) is 2. The van der Waals surface area contributed by atoms with Crippen molar-refractivity contribution in [2.24, 2.45) is 11.5 Å². The Morgan fingerprint density at radius 3 is 2.28 bits per heavy atom. The molecule has 0 saturated carbocycles. The number of nitrogens with two attached hydrogens (primary N) is 2. The Balaban J connectivity index is 0.000000527. The van der Waals surface area contributed by atoms with E-state index in [4.69, 9.17) is 5.73 Å². The fraction of sp³-hybridized carbons (Fsp3) is 0.500. The van der Waals surface area contributed by atoms with Crippen molar-refractivity contribution in [1.29, 1.82) is 0 Å². The minimum Gasteiger partial charge on any atom is -0.364 e.